The number of benzene rings is 1. The first-order valence-corrected chi connectivity index (χ1v) is 3.90. The number of nitriles is 1. The summed E-state index contributed by atoms with van der Waals surface area (Å²) in [5.74, 6) is -0.775. The number of carbonyl (C=O) groups is 1. The predicted octanol–water partition coefficient (Wildman–Crippen LogP) is 1.75. The van der Waals surface area contributed by atoms with Gasteiger partial charge in [0.25, 0.3) is 0 Å². The fourth-order valence-electron chi connectivity index (χ4n) is 0.746. The summed E-state index contributed by atoms with van der Waals surface area (Å²) in [6.07, 6.45) is 0. The number of esters is 1. The lowest BCUT2D eigenvalue weighted by molar-refractivity contribution is -0.136. The highest BCUT2D eigenvalue weighted by Gasteiger charge is 2.13. The Kier molecular flexibility index (Phi) is 3.04. The van der Waals surface area contributed by atoms with Gasteiger partial charge in [-0.2, -0.15) is 5.26 Å². The molecule has 3 heteroatoms. The minimum Gasteiger partial charge on any atom is -0.426 e. The second-order valence-corrected chi connectivity index (χ2v) is 2.58. The molecule has 0 amide bonds. The van der Waals surface area contributed by atoms with Crippen LogP contribution in [0, 0.1) is 17.2 Å². The van der Waals surface area contributed by atoms with Crippen LogP contribution in [0.15, 0.2) is 30.3 Å². The number of ether oxygens (including phenoxy) is 1. The van der Waals surface area contributed by atoms with E-state index in [0.717, 1.165) is 0 Å². The molecule has 0 radical (unpaired) electrons. The molecule has 1 aromatic rings. The lowest BCUT2D eigenvalue weighted by Gasteiger charge is -2.03. The van der Waals surface area contributed by atoms with E-state index in [1.54, 1.807) is 24.3 Å². The molecule has 0 aliphatic heterocycles. The maximum absolute atomic E-state index is 11.1. The molecule has 1 aromatic carbocycles. The van der Waals surface area contributed by atoms with Crippen molar-refractivity contribution < 1.29 is 9.53 Å². The summed E-state index contributed by atoms with van der Waals surface area (Å²) in [5, 5.41) is 8.43. The average molecular weight is 175 g/mol. The smallest absolute Gasteiger partial charge is 0.328 e. The molecule has 1 atom stereocenters. The highest BCUT2D eigenvalue weighted by atomic mass is 16.5. The van der Waals surface area contributed by atoms with E-state index in [2.05, 4.69) is 0 Å². The number of hydrogen-bond acceptors (Lipinski definition) is 3. The van der Waals surface area contributed by atoms with Crippen molar-refractivity contribution in [2.24, 2.45) is 5.92 Å². The first-order valence-electron chi connectivity index (χ1n) is 3.90. The van der Waals surface area contributed by atoms with Gasteiger partial charge in [-0.25, -0.2) is 0 Å². The van der Waals surface area contributed by atoms with E-state index in [0.29, 0.717) is 5.75 Å². The van der Waals surface area contributed by atoms with Gasteiger partial charge < -0.3 is 4.74 Å². The molecule has 0 saturated heterocycles. The highest BCUT2D eigenvalue weighted by molar-refractivity contribution is 5.77. The first-order chi connectivity index (χ1) is 6.24. The van der Waals surface area contributed by atoms with Crippen molar-refractivity contribution in [1.82, 2.24) is 0 Å². The number of hydrogen-bond donors (Lipinski definition) is 0. The molecule has 0 aromatic heterocycles. The van der Waals surface area contributed by atoms with Crippen LogP contribution in [0.4, 0.5) is 0 Å². The quantitative estimate of drug-likeness (QED) is 0.508. The maximum Gasteiger partial charge on any atom is 0.328 e. The maximum atomic E-state index is 11.1. The second-order valence-electron chi connectivity index (χ2n) is 2.58. The van der Waals surface area contributed by atoms with Crippen LogP contribution in [0.25, 0.3) is 0 Å². The third-order valence-corrected chi connectivity index (χ3v) is 1.51. The summed E-state index contributed by atoms with van der Waals surface area (Å²) >= 11 is 0. The summed E-state index contributed by atoms with van der Waals surface area (Å²) in [6, 6.07) is 10.5. The Bertz CT molecular complexity index is 327. The van der Waals surface area contributed by atoms with Crippen LogP contribution in [0.5, 0.6) is 5.75 Å². The molecule has 0 unspecified atom stereocenters. The molecule has 0 N–H and O–H groups in total. The molecule has 1 rings (SSSR count). The molecular formula is C10H9NO2. The molecule has 0 saturated carbocycles. The molecule has 3 nitrogen and oxygen atoms in total. The van der Waals surface area contributed by atoms with Crippen molar-refractivity contribution in [1.29, 1.82) is 5.26 Å². The van der Waals surface area contributed by atoms with Gasteiger partial charge in [-0.05, 0) is 19.1 Å². The van der Waals surface area contributed by atoms with Crippen molar-refractivity contribution >= 4 is 5.97 Å². The van der Waals surface area contributed by atoms with E-state index in [1.807, 2.05) is 12.1 Å². The SMILES string of the molecule is C[C@H](C#N)C(=O)Oc1ccccc1. The van der Waals surface area contributed by atoms with Crippen LogP contribution in [0.1, 0.15) is 6.92 Å². The zero-order valence-electron chi connectivity index (χ0n) is 7.23. The predicted molar refractivity (Wildman–Crippen MR) is 46.9 cm³/mol. The topological polar surface area (TPSA) is 50.1 Å². The summed E-state index contributed by atoms with van der Waals surface area (Å²) in [7, 11) is 0. The highest BCUT2D eigenvalue weighted by Crippen LogP contribution is 2.10. The molecule has 0 bridgehead atoms. The number of rotatable bonds is 2. The Labute approximate surface area is 76.6 Å². The lowest BCUT2D eigenvalue weighted by Crippen LogP contribution is -2.15. The Morgan fingerprint density at radius 3 is 2.62 bits per heavy atom. The van der Waals surface area contributed by atoms with E-state index < -0.39 is 11.9 Å². The molecule has 0 aliphatic carbocycles. The van der Waals surface area contributed by atoms with Gasteiger partial charge in [0.2, 0.25) is 0 Å². The van der Waals surface area contributed by atoms with E-state index in [-0.39, 0.29) is 0 Å². The molecule has 0 fully saturated rings. The minimum atomic E-state index is -0.722. The van der Waals surface area contributed by atoms with Gasteiger partial charge in [-0.3, -0.25) is 4.79 Å². The summed E-state index contributed by atoms with van der Waals surface area (Å²) in [6.45, 7) is 1.51. The van der Waals surface area contributed by atoms with Crippen LogP contribution in [-0.2, 0) is 4.79 Å². The van der Waals surface area contributed by atoms with Crippen molar-refractivity contribution in [3.63, 3.8) is 0 Å². The Morgan fingerprint density at radius 2 is 2.08 bits per heavy atom. The monoisotopic (exact) mass is 175 g/mol. The largest absolute Gasteiger partial charge is 0.426 e. The molecule has 13 heavy (non-hydrogen) atoms. The molecule has 0 aliphatic rings. The van der Waals surface area contributed by atoms with E-state index >= 15 is 0 Å². The Hall–Kier alpha value is -1.82. The standard InChI is InChI=1S/C10H9NO2/c1-8(7-11)10(12)13-9-5-3-2-4-6-9/h2-6,8H,1H3/t8-/m1/s1. The molecule has 0 heterocycles. The van der Waals surface area contributed by atoms with Gasteiger partial charge in [-0.1, -0.05) is 18.2 Å². The number of para-hydroxylation sites is 1. The van der Waals surface area contributed by atoms with Crippen LogP contribution < -0.4 is 4.74 Å². The van der Waals surface area contributed by atoms with Gasteiger partial charge in [-0.15, -0.1) is 0 Å². The fraction of sp³-hybridized carbons (Fsp3) is 0.200. The minimum absolute atomic E-state index is 0.467. The van der Waals surface area contributed by atoms with Gasteiger partial charge in [0.05, 0.1) is 6.07 Å². The third-order valence-electron chi connectivity index (χ3n) is 1.51. The van der Waals surface area contributed by atoms with Gasteiger partial charge in [0.1, 0.15) is 11.7 Å². The Morgan fingerprint density at radius 1 is 1.46 bits per heavy atom. The van der Waals surface area contributed by atoms with Gasteiger partial charge >= 0.3 is 5.97 Å². The molecule has 66 valence electrons. The van der Waals surface area contributed by atoms with E-state index in [4.69, 9.17) is 10.00 Å². The summed E-state index contributed by atoms with van der Waals surface area (Å²) in [5.41, 5.74) is 0. The zero-order chi connectivity index (χ0) is 9.68. The third kappa shape index (κ3) is 2.60. The van der Waals surface area contributed by atoms with E-state index in [1.165, 1.54) is 6.92 Å². The normalized spacial score (nSPS) is 11.4. The van der Waals surface area contributed by atoms with E-state index in [9.17, 15) is 4.79 Å². The molecule has 0 spiro atoms. The van der Waals surface area contributed by atoms with Crippen molar-refractivity contribution in [3.05, 3.63) is 30.3 Å². The number of carbonyl (C=O) groups excluding carboxylic acids is 1. The fourth-order valence-corrected chi connectivity index (χ4v) is 0.746. The van der Waals surface area contributed by atoms with Crippen molar-refractivity contribution in [3.8, 4) is 11.8 Å². The lowest BCUT2D eigenvalue weighted by atomic mass is 10.2. The average Bonchev–Trinajstić information content (AvgIpc) is 2.18. The molecular weight excluding hydrogens is 166 g/mol. The van der Waals surface area contributed by atoms with Crippen molar-refractivity contribution in [2.75, 3.05) is 0 Å². The van der Waals surface area contributed by atoms with Gasteiger partial charge in [0, 0.05) is 0 Å². The zero-order valence-corrected chi connectivity index (χ0v) is 7.23. The summed E-state index contributed by atoms with van der Waals surface area (Å²) in [4.78, 5) is 11.1. The first kappa shape index (κ1) is 9.27. The van der Waals surface area contributed by atoms with Gasteiger partial charge in [0.15, 0.2) is 0 Å². The van der Waals surface area contributed by atoms with Crippen molar-refractivity contribution in [2.45, 2.75) is 6.92 Å². The number of nitrogens with zero attached hydrogens (tertiary/aromatic N) is 1. The summed E-state index contributed by atoms with van der Waals surface area (Å²) < 4.78 is 4.91. The van der Waals surface area contributed by atoms with Crippen LogP contribution in [0.3, 0.4) is 0 Å². The van der Waals surface area contributed by atoms with Crippen LogP contribution in [-0.4, -0.2) is 5.97 Å². The van der Waals surface area contributed by atoms with Crippen LogP contribution >= 0.6 is 0 Å². The second kappa shape index (κ2) is 4.27. The van der Waals surface area contributed by atoms with Crippen LogP contribution in [0.2, 0.25) is 0 Å². The Balaban J connectivity index is 2.62.